The van der Waals surface area contributed by atoms with Gasteiger partial charge in [-0.05, 0) is 56.8 Å². The zero-order chi connectivity index (χ0) is 13.5. The summed E-state index contributed by atoms with van der Waals surface area (Å²) < 4.78 is 0. The van der Waals surface area contributed by atoms with E-state index >= 15 is 0 Å². The number of fused-ring (bicyclic) bond motifs is 1. The van der Waals surface area contributed by atoms with E-state index in [1.54, 1.807) is 5.56 Å². The Bertz CT molecular complexity index is 446. The quantitative estimate of drug-likeness (QED) is 0.899. The molecule has 2 aliphatic rings. The second kappa shape index (κ2) is 4.92. The Kier molecular flexibility index (Phi) is 3.40. The molecule has 2 nitrogen and oxygen atoms in total. The molecular formula is C17H26N2. The Balaban J connectivity index is 1.71. The highest BCUT2D eigenvalue weighted by Gasteiger charge is 2.43. The lowest BCUT2D eigenvalue weighted by Gasteiger charge is -2.44. The number of nitrogens with two attached hydrogens (primary N) is 1. The number of hydrogen-bond donors (Lipinski definition) is 1. The number of rotatable bonds is 4. The van der Waals surface area contributed by atoms with Gasteiger partial charge < -0.3 is 10.6 Å². The standard InChI is InChI=1S/C17H26N2/c1-19(2)17(9-5-6-10-17)16(18)12-14-11-13-7-3-4-8-15(13)14/h3-4,7-8,14,16H,5-6,9-12,18H2,1-2H3. The van der Waals surface area contributed by atoms with Crippen LogP contribution in [0.2, 0.25) is 0 Å². The van der Waals surface area contributed by atoms with E-state index in [4.69, 9.17) is 5.73 Å². The second-order valence-electron chi connectivity index (χ2n) is 6.65. The van der Waals surface area contributed by atoms with Crippen LogP contribution in [-0.2, 0) is 6.42 Å². The summed E-state index contributed by atoms with van der Waals surface area (Å²) in [7, 11) is 4.42. The molecule has 2 N–H and O–H groups in total. The molecule has 1 aromatic carbocycles. The van der Waals surface area contributed by atoms with E-state index in [2.05, 4.69) is 43.3 Å². The van der Waals surface area contributed by atoms with Crippen molar-refractivity contribution in [1.29, 1.82) is 0 Å². The van der Waals surface area contributed by atoms with E-state index in [9.17, 15) is 0 Å². The Labute approximate surface area is 117 Å². The van der Waals surface area contributed by atoms with Crippen LogP contribution in [0.1, 0.15) is 49.1 Å². The van der Waals surface area contributed by atoms with Crippen LogP contribution in [0.4, 0.5) is 0 Å². The van der Waals surface area contributed by atoms with E-state index in [0.29, 0.717) is 12.0 Å². The van der Waals surface area contributed by atoms with E-state index in [1.165, 1.54) is 37.7 Å². The van der Waals surface area contributed by atoms with Crippen molar-refractivity contribution in [1.82, 2.24) is 4.90 Å². The molecule has 1 fully saturated rings. The van der Waals surface area contributed by atoms with Crippen molar-refractivity contribution in [2.75, 3.05) is 14.1 Å². The van der Waals surface area contributed by atoms with Crippen molar-refractivity contribution in [3.05, 3.63) is 35.4 Å². The number of hydrogen-bond acceptors (Lipinski definition) is 2. The van der Waals surface area contributed by atoms with Gasteiger partial charge in [0.15, 0.2) is 0 Å². The molecule has 1 saturated carbocycles. The van der Waals surface area contributed by atoms with E-state index < -0.39 is 0 Å². The summed E-state index contributed by atoms with van der Waals surface area (Å²) in [6, 6.07) is 9.16. The van der Waals surface area contributed by atoms with Crippen molar-refractivity contribution in [3.8, 4) is 0 Å². The van der Waals surface area contributed by atoms with Crippen LogP contribution < -0.4 is 5.73 Å². The molecule has 0 aromatic heterocycles. The molecule has 0 radical (unpaired) electrons. The maximum Gasteiger partial charge on any atom is 0.0354 e. The molecule has 1 aromatic rings. The summed E-state index contributed by atoms with van der Waals surface area (Å²) in [5, 5.41) is 0. The maximum absolute atomic E-state index is 6.64. The monoisotopic (exact) mass is 258 g/mol. The molecule has 0 bridgehead atoms. The molecule has 104 valence electrons. The summed E-state index contributed by atoms with van der Waals surface area (Å²) >= 11 is 0. The summed E-state index contributed by atoms with van der Waals surface area (Å²) in [4.78, 5) is 2.40. The Morgan fingerprint density at radius 2 is 1.95 bits per heavy atom. The zero-order valence-electron chi connectivity index (χ0n) is 12.2. The fourth-order valence-corrected chi connectivity index (χ4v) is 4.24. The lowest BCUT2D eigenvalue weighted by Crippen LogP contribution is -2.56. The fraction of sp³-hybridized carbons (Fsp3) is 0.647. The molecule has 0 amide bonds. The summed E-state index contributed by atoms with van der Waals surface area (Å²) in [5.74, 6) is 0.698. The minimum atomic E-state index is 0.254. The van der Waals surface area contributed by atoms with E-state index in [1.807, 2.05) is 0 Å². The minimum Gasteiger partial charge on any atom is -0.326 e. The second-order valence-corrected chi connectivity index (χ2v) is 6.65. The van der Waals surface area contributed by atoms with Crippen LogP contribution in [-0.4, -0.2) is 30.6 Å². The van der Waals surface area contributed by atoms with Crippen molar-refractivity contribution < 1.29 is 0 Å². The van der Waals surface area contributed by atoms with Gasteiger partial charge in [0.1, 0.15) is 0 Å². The third-order valence-electron chi connectivity index (χ3n) is 5.55. The summed E-state index contributed by atoms with van der Waals surface area (Å²) in [6.45, 7) is 0. The van der Waals surface area contributed by atoms with Gasteiger partial charge in [0.25, 0.3) is 0 Å². The molecule has 2 unspecified atom stereocenters. The minimum absolute atomic E-state index is 0.254. The molecule has 0 aliphatic heterocycles. The normalized spacial score (nSPS) is 26.0. The zero-order valence-corrected chi connectivity index (χ0v) is 12.2. The van der Waals surface area contributed by atoms with Gasteiger partial charge in [-0.25, -0.2) is 0 Å². The van der Waals surface area contributed by atoms with Crippen LogP contribution in [0, 0.1) is 0 Å². The highest BCUT2D eigenvalue weighted by Crippen LogP contribution is 2.43. The lowest BCUT2D eigenvalue weighted by atomic mass is 9.71. The molecule has 0 heterocycles. The molecular weight excluding hydrogens is 232 g/mol. The molecule has 19 heavy (non-hydrogen) atoms. The van der Waals surface area contributed by atoms with Crippen LogP contribution >= 0.6 is 0 Å². The van der Waals surface area contributed by atoms with E-state index in [0.717, 1.165) is 6.42 Å². The van der Waals surface area contributed by atoms with Crippen molar-refractivity contribution >= 4 is 0 Å². The van der Waals surface area contributed by atoms with E-state index in [-0.39, 0.29) is 5.54 Å². The van der Waals surface area contributed by atoms with Crippen LogP contribution in [0.3, 0.4) is 0 Å². The van der Waals surface area contributed by atoms with Crippen molar-refractivity contribution in [2.24, 2.45) is 5.73 Å². The first-order valence-corrected chi connectivity index (χ1v) is 7.64. The smallest absolute Gasteiger partial charge is 0.0354 e. The van der Waals surface area contributed by atoms with Gasteiger partial charge in [-0.1, -0.05) is 37.1 Å². The Hall–Kier alpha value is -0.860. The van der Waals surface area contributed by atoms with Crippen LogP contribution in [0.25, 0.3) is 0 Å². The molecule has 2 aliphatic carbocycles. The van der Waals surface area contributed by atoms with Gasteiger partial charge >= 0.3 is 0 Å². The Morgan fingerprint density at radius 3 is 2.58 bits per heavy atom. The summed E-state index contributed by atoms with van der Waals surface area (Å²) in [5.41, 5.74) is 9.97. The number of benzene rings is 1. The lowest BCUT2D eigenvalue weighted by molar-refractivity contribution is 0.114. The topological polar surface area (TPSA) is 29.3 Å². The molecule has 2 atom stereocenters. The van der Waals surface area contributed by atoms with Crippen LogP contribution in [0.15, 0.2) is 24.3 Å². The average Bonchev–Trinajstić information content (AvgIpc) is 2.86. The van der Waals surface area contributed by atoms with Crippen molar-refractivity contribution in [3.63, 3.8) is 0 Å². The number of likely N-dealkylation sites (N-methyl/N-ethyl adjacent to an activating group) is 1. The van der Waals surface area contributed by atoms with Crippen molar-refractivity contribution in [2.45, 2.75) is 56.0 Å². The predicted molar refractivity (Wildman–Crippen MR) is 80.4 cm³/mol. The average molecular weight is 258 g/mol. The summed E-state index contributed by atoms with van der Waals surface area (Å²) in [6.07, 6.45) is 7.61. The van der Waals surface area contributed by atoms with Gasteiger partial charge in [-0.2, -0.15) is 0 Å². The largest absolute Gasteiger partial charge is 0.326 e. The van der Waals surface area contributed by atoms with Gasteiger partial charge in [0, 0.05) is 11.6 Å². The SMILES string of the molecule is CN(C)C1(C(N)CC2Cc3ccccc32)CCCC1. The Morgan fingerprint density at radius 1 is 1.26 bits per heavy atom. The maximum atomic E-state index is 6.64. The van der Waals surface area contributed by atoms with Gasteiger partial charge in [0.05, 0.1) is 0 Å². The van der Waals surface area contributed by atoms with Gasteiger partial charge in [-0.3, -0.25) is 0 Å². The number of nitrogens with zero attached hydrogens (tertiary/aromatic N) is 1. The third kappa shape index (κ3) is 2.11. The molecule has 2 heteroatoms. The van der Waals surface area contributed by atoms with Gasteiger partial charge in [-0.15, -0.1) is 0 Å². The highest BCUT2D eigenvalue weighted by molar-refractivity contribution is 5.40. The molecule has 0 saturated heterocycles. The fourth-order valence-electron chi connectivity index (χ4n) is 4.24. The van der Waals surface area contributed by atoms with Crippen LogP contribution in [0.5, 0.6) is 0 Å². The molecule has 3 rings (SSSR count). The first-order valence-electron chi connectivity index (χ1n) is 7.64. The van der Waals surface area contributed by atoms with Gasteiger partial charge in [0.2, 0.25) is 0 Å². The highest BCUT2D eigenvalue weighted by atomic mass is 15.2. The first-order chi connectivity index (χ1) is 9.13. The molecule has 0 spiro atoms. The third-order valence-corrected chi connectivity index (χ3v) is 5.55. The predicted octanol–water partition coefficient (Wildman–Crippen LogP) is 2.92. The first kappa shape index (κ1) is 13.1.